The molecule has 1 fully saturated rings. The van der Waals surface area contributed by atoms with Gasteiger partial charge in [0.05, 0.1) is 6.61 Å². The molecule has 1 saturated heterocycles. The molecule has 1 heterocycles. The maximum Gasteiger partial charge on any atom is 0.329 e. The van der Waals surface area contributed by atoms with Crippen molar-refractivity contribution in [1.29, 1.82) is 0 Å². The SMILES string of the molecule is CCCCOC(=O)C1CSC(c2cccc(Cl)c2)N1C(=O)c1cccc(Br)c1. The second kappa shape index (κ2) is 9.81. The molecule has 1 aliphatic heterocycles. The van der Waals surface area contributed by atoms with Crippen molar-refractivity contribution in [3.63, 3.8) is 0 Å². The van der Waals surface area contributed by atoms with Gasteiger partial charge >= 0.3 is 5.97 Å². The average molecular weight is 483 g/mol. The largest absolute Gasteiger partial charge is 0.464 e. The van der Waals surface area contributed by atoms with Crippen LogP contribution < -0.4 is 0 Å². The Morgan fingerprint density at radius 2 is 2.04 bits per heavy atom. The number of unbranched alkanes of at least 4 members (excludes halogenated alkanes) is 1. The normalized spacial score (nSPS) is 18.9. The third kappa shape index (κ3) is 4.91. The number of benzene rings is 2. The third-order valence-corrected chi connectivity index (χ3v) is 6.51. The fourth-order valence-corrected chi connectivity index (χ4v) is 5.04. The average Bonchev–Trinajstić information content (AvgIpc) is 3.12. The summed E-state index contributed by atoms with van der Waals surface area (Å²) in [7, 11) is 0. The van der Waals surface area contributed by atoms with Gasteiger partial charge in [0.2, 0.25) is 0 Å². The lowest BCUT2D eigenvalue weighted by Crippen LogP contribution is -2.44. The van der Waals surface area contributed by atoms with Crippen molar-refractivity contribution in [2.75, 3.05) is 12.4 Å². The van der Waals surface area contributed by atoms with Crippen molar-refractivity contribution in [1.82, 2.24) is 4.90 Å². The molecule has 2 aromatic rings. The van der Waals surface area contributed by atoms with Crippen molar-refractivity contribution in [2.24, 2.45) is 0 Å². The Bertz CT molecular complexity index is 863. The van der Waals surface area contributed by atoms with Gasteiger partial charge in [0, 0.05) is 20.8 Å². The van der Waals surface area contributed by atoms with Gasteiger partial charge in [-0.2, -0.15) is 0 Å². The molecule has 0 bridgehead atoms. The predicted molar refractivity (Wildman–Crippen MR) is 117 cm³/mol. The van der Waals surface area contributed by atoms with Gasteiger partial charge < -0.3 is 9.64 Å². The van der Waals surface area contributed by atoms with E-state index in [9.17, 15) is 9.59 Å². The minimum Gasteiger partial charge on any atom is -0.464 e. The summed E-state index contributed by atoms with van der Waals surface area (Å²) in [5.74, 6) is -0.0652. The van der Waals surface area contributed by atoms with Crippen LogP contribution in [0, 0.1) is 0 Å². The molecule has 2 atom stereocenters. The first-order valence-corrected chi connectivity index (χ1v) is 11.3. The first-order valence-electron chi connectivity index (χ1n) is 9.13. The molecule has 0 radical (unpaired) electrons. The summed E-state index contributed by atoms with van der Waals surface area (Å²) in [4.78, 5) is 27.7. The van der Waals surface area contributed by atoms with Crippen molar-refractivity contribution < 1.29 is 14.3 Å². The van der Waals surface area contributed by atoms with Crippen LogP contribution in [0.1, 0.15) is 41.1 Å². The minimum atomic E-state index is -0.627. The molecule has 0 saturated carbocycles. The Morgan fingerprint density at radius 3 is 2.75 bits per heavy atom. The van der Waals surface area contributed by atoms with Crippen LogP contribution in [0.5, 0.6) is 0 Å². The van der Waals surface area contributed by atoms with E-state index < -0.39 is 6.04 Å². The summed E-state index contributed by atoms with van der Waals surface area (Å²) >= 11 is 11.1. The molecule has 2 aromatic carbocycles. The number of hydrogen-bond donors (Lipinski definition) is 0. The number of ether oxygens (including phenoxy) is 1. The molecule has 0 aromatic heterocycles. The second-order valence-electron chi connectivity index (χ2n) is 6.50. The molecule has 2 unspecified atom stereocenters. The van der Waals surface area contributed by atoms with Crippen LogP contribution in [0.25, 0.3) is 0 Å². The smallest absolute Gasteiger partial charge is 0.329 e. The lowest BCUT2D eigenvalue weighted by molar-refractivity contribution is -0.148. The molecule has 0 N–H and O–H groups in total. The Labute approximate surface area is 182 Å². The molecule has 3 rings (SSSR count). The number of nitrogens with zero attached hydrogens (tertiary/aromatic N) is 1. The highest BCUT2D eigenvalue weighted by molar-refractivity contribution is 9.10. The van der Waals surface area contributed by atoms with Gasteiger partial charge in [0.1, 0.15) is 11.4 Å². The maximum atomic E-state index is 13.4. The summed E-state index contributed by atoms with van der Waals surface area (Å²) in [6.07, 6.45) is 1.75. The molecular weight excluding hydrogens is 462 g/mol. The summed E-state index contributed by atoms with van der Waals surface area (Å²) in [6, 6.07) is 14.0. The van der Waals surface area contributed by atoms with E-state index in [4.69, 9.17) is 16.3 Å². The van der Waals surface area contributed by atoms with Crippen LogP contribution >= 0.6 is 39.3 Å². The number of rotatable bonds is 6. The van der Waals surface area contributed by atoms with E-state index in [1.807, 2.05) is 37.3 Å². The highest BCUT2D eigenvalue weighted by Crippen LogP contribution is 2.43. The number of carbonyl (C=O) groups excluding carboxylic acids is 2. The molecule has 7 heteroatoms. The molecule has 0 spiro atoms. The fraction of sp³-hybridized carbons (Fsp3) is 0.333. The first-order chi connectivity index (χ1) is 13.5. The van der Waals surface area contributed by atoms with Crippen LogP contribution in [-0.2, 0) is 9.53 Å². The van der Waals surface area contributed by atoms with Crippen LogP contribution in [-0.4, -0.2) is 35.2 Å². The van der Waals surface area contributed by atoms with Crippen molar-refractivity contribution >= 4 is 51.2 Å². The van der Waals surface area contributed by atoms with E-state index in [1.54, 1.807) is 34.9 Å². The lowest BCUT2D eigenvalue weighted by atomic mass is 10.1. The van der Waals surface area contributed by atoms with Gasteiger partial charge in [-0.25, -0.2) is 4.79 Å². The molecular formula is C21H21BrClNO3S. The number of esters is 1. The van der Waals surface area contributed by atoms with Gasteiger partial charge in [0.25, 0.3) is 5.91 Å². The van der Waals surface area contributed by atoms with E-state index in [0.29, 0.717) is 22.9 Å². The monoisotopic (exact) mass is 481 g/mol. The van der Waals surface area contributed by atoms with Gasteiger partial charge in [-0.3, -0.25) is 4.79 Å². The first kappa shape index (κ1) is 21.2. The number of halogens is 2. The molecule has 148 valence electrons. The molecule has 4 nitrogen and oxygen atoms in total. The Balaban J connectivity index is 1.92. The zero-order chi connectivity index (χ0) is 20.1. The van der Waals surface area contributed by atoms with Crippen molar-refractivity contribution in [3.8, 4) is 0 Å². The van der Waals surface area contributed by atoms with E-state index in [1.165, 1.54) is 0 Å². The highest BCUT2D eigenvalue weighted by atomic mass is 79.9. The third-order valence-electron chi connectivity index (χ3n) is 4.45. The van der Waals surface area contributed by atoms with Crippen molar-refractivity contribution in [3.05, 3.63) is 69.2 Å². The van der Waals surface area contributed by atoms with Crippen LogP contribution in [0.2, 0.25) is 5.02 Å². The van der Waals surface area contributed by atoms with E-state index >= 15 is 0 Å². The Hall–Kier alpha value is -1.50. The van der Waals surface area contributed by atoms with E-state index in [2.05, 4.69) is 15.9 Å². The summed E-state index contributed by atoms with van der Waals surface area (Å²) in [5.41, 5.74) is 1.42. The van der Waals surface area contributed by atoms with Gasteiger partial charge in [-0.05, 0) is 42.3 Å². The summed E-state index contributed by atoms with van der Waals surface area (Å²) in [6.45, 7) is 2.41. The zero-order valence-electron chi connectivity index (χ0n) is 15.4. The van der Waals surface area contributed by atoms with Crippen molar-refractivity contribution in [2.45, 2.75) is 31.2 Å². The van der Waals surface area contributed by atoms with E-state index in [0.717, 1.165) is 22.9 Å². The van der Waals surface area contributed by atoms with E-state index in [-0.39, 0.29) is 17.3 Å². The minimum absolute atomic E-state index is 0.200. The predicted octanol–water partition coefficient (Wildman–Crippen LogP) is 5.70. The number of amides is 1. The highest BCUT2D eigenvalue weighted by Gasteiger charge is 2.43. The van der Waals surface area contributed by atoms with Gasteiger partial charge in [0.15, 0.2) is 0 Å². The lowest BCUT2D eigenvalue weighted by Gasteiger charge is -2.29. The summed E-state index contributed by atoms with van der Waals surface area (Å²) in [5, 5.41) is 0.302. The Kier molecular flexibility index (Phi) is 7.43. The van der Waals surface area contributed by atoms with Crippen LogP contribution in [0.15, 0.2) is 53.0 Å². The zero-order valence-corrected chi connectivity index (χ0v) is 18.6. The number of hydrogen-bond acceptors (Lipinski definition) is 4. The molecule has 28 heavy (non-hydrogen) atoms. The maximum absolute atomic E-state index is 13.4. The molecule has 1 amide bonds. The van der Waals surface area contributed by atoms with Crippen LogP contribution in [0.3, 0.4) is 0 Å². The van der Waals surface area contributed by atoms with Gasteiger partial charge in [-0.1, -0.05) is 59.1 Å². The fourth-order valence-electron chi connectivity index (χ4n) is 3.04. The molecule has 1 aliphatic rings. The Morgan fingerprint density at radius 1 is 1.25 bits per heavy atom. The van der Waals surface area contributed by atoms with Gasteiger partial charge in [-0.15, -0.1) is 11.8 Å². The second-order valence-corrected chi connectivity index (χ2v) is 8.97. The standard InChI is InChI=1S/C21H21BrClNO3S/c1-2-3-10-27-21(26)18-13-28-20(15-7-5-9-17(23)12-15)24(18)19(25)14-6-4-8-16(22)11-14/h4-9,11-12,18,20H,2-3,10,13H2,1H3. The number of carbonyl (C=O) groups is 2. The summed E-state index contributed by atoms with van der Waals surface area (Å²) < 4.78 is 6.24. The topological polar surface area (TPSA) is 46.6 Å². The molecule has 0 aliphatic carbocycles. The number of thioether (sulfide) groups is 1. The van der Waals surface area contributed by atoms with Crippen LogP contribution in [0.4, 0.5) is 0 Å². The quantitative estimate of drug-likeness (QED) is 0.391.